The third-order valence-electron chi connectivity index (χ3n) is 6.66. The molecule has 220 valence electrons. The summed E-state index contributed by atoms with van der Waals surface area (Å²) in [5, 5.41) is 2.98. The number of ether oxygens (including phenoxy) is 1. The minimum absolute atomic E-state index is 0.0715. The van der Waals surface area contributed by atoms with Crippen molar-refractivity contribution < 1.29 is 22.7 Å². The van der Waals surface area contributed by atoms with Gasteiger partial charge in [-0.05, 0) is 62.6 Å². The van der Waals surface area contributed by atoms with Crippen LogP contribution in [0.3, 0.4) is 0 Å². The number of amides is 2. The van der Waals surface area contributed by atoms with Gasteiger partial charge in [-0.1, -0.05) is 60.2 Å². The molecule has 1 N–H and O–H groups in total. The highest BCUT2D eigenvalue weighted by molar-refractivity contribution is 7.92. The predicted molar refractivity (Wildman–Crippen MR) is 163 cm³/mol. The first-order chi connectivity index (χ1) is 19.5. The lowest BCUT2D eigenvalue weighted by Crippen LogP contribution is -2.51. The zero-order valence-corrected chi connectivity index (χ0v) is 25.4. The van der Waals surface area contributed by atoms with Gasteiger partial charge in [-0.15, -0.1) is 0 Å². The third-order valence-corrected chi connectivity index (χ3v) is 7.86. The Balaban J connectivity index is 1.89. The summed E-state index contributed by atoms with van der Waals surface area (Å²) in [6, 6.07) is 23.4. The molecule has 2 amide bonds. The van der Waals surface area contributed by atoms with E-state index in [4.69, 9.17) is 4.74 Å². The zero-order valence-electron chi connectivity index (χ0n) is 24.5. The lowest BCUT2D eigenvalue weighted by molar-refractivity contribution is -0.141. The molecule has 0 aliphatic carbocycles. The molecule has 8 nitrogen and oxygen atoms in total. The van der Waals surface area contributed by atoms with Gasteiger partial charge in [0.2, 0.25) is 21.8 Å². The number of carbonyl (C=O) groups excluding carboxylic acids is 2. The summed E-state index contributed by atoms with van der Waals surface area (Å²) in [6.45, 7) is 6.05. The Labute approximate surface area is 244 Å². The number of methoxy groups -OCH3 is 1. The van der Waals surface area contributed by atoms with Crippen molar-refractivity contribution in [3.05, 3.63) is 95.6 Å². The van der Waals surface area contributed by atoms with Crippen molar-refractivity contribution in [2.24, 2.45) is 0 Å². The van der Waals surface area contributed by atoms with Crippen molar-refractivity contribution >= 4 is 27.5 Å². The van der Waals surface area contributed by atoms with E-state index in [1.807, 2.05) is 87.5 Å². The van der Waals surface area contributed by atoms with E-state index in [0.717, 1.165) is 22.9 Å². The molecule has 3 aromatic carbocycles. The van der Waals surface area contributed by atoms with Gasteiger partial charge in [0.15, 0.2) is 0 Å². The van der Waals surface area contributed by atoms with E-state index in [9.17, 15) is 18.0 Å². The molecule has 3 aromatic rings. The fourth-order valence-corrected chi connectivity index (χ4v) is 5.58. The van der Waals surface area contributed by atoms with Gasteiger partial charge in [-0.25, -0.2) is 8.42 Å². The second-order valence-corrected chi connectivity index (χ2v) is 12.4. The molecule has 9 heteroatoms. The molecule has 0 unspecified atom stereocenters. The largest absolute Gasteiger partial charge is 0.497 e. The number of aryl methyl sites for hydroxylation is 1. The highest BCUT2D eigenvalue weighted by Crippen LogP contribution is 2.22. The van der Waals surface area contributed by atoms with Crippen LogP contribution in [0.25, 0.3) is 0 Å². The van der Waals surface area contributed by atoms with Crippen LogP contribution in [-0.2, 0) is 32.6 Å². The summed E-state index contributed by atoms with van der Waals surface area (Å²) in [5.74, 6) is 0.186. The van der Waals surface area contributed by atoms with Gasteiger partial charge in [-0.3, -0.25) is 13.9 Å². The van der Waals surface area contributed by atoms with E-state index in [-0.39, 0.29) is 43.8 Å². The summed E-state index contributed by atoms with van der Waals surface area (Å²) in [7, 11) is -1.98. The standard InChI is InChI=1S/C32H41N3O5S/c1-24(2)33-32(37)30(22-26-11-7-6-8-12-26)34(23-27-13-9-14-29(21-27)40-4)31(36)15-10-20-35(41(5,38)39)28-18-16-25(3)17-19-28/h6-9,11-14,16-19,21,24,30H,10,15,20,22-23H2,1-5H3,(H,33,37)/t30-/m0/s1. The van der Waals surface area contributed by atoms with E-state index in [2.05, 4.69) is 5.32 Å². The Morgan fingerprint density at radius 3 is 2.20 bits per heavy atom. The number of anilines is 1. The number of hydrogen-bond acceptors (Lipinski definition) is 5. The maximum absolute atomic E-state index is 13.9. The van der Waals surface area contributed by atoms with Crippen LogP contribution in [0.4, 0.5) is 5.69 Å². The molecular weight excluding hydrogens is 538 g/mol. The third kappa shape index (κ3) is 9.63. The van der Waals surface area contributed by atoms with Gasteiger partial charge < -0.3 is 15.0 Å². The van der Waals surface area contributed by atoms with Crippen LogP contribution in [-0.4, -0.2) is 57.1 Å². The second kappa shape index (κ2) is 14.7. The van der Waals surface area contributed by atoms with E-state index in [1.54, 1.807) is 24.1 Å². The fraction of sp³-hybridized carbons (Fsp3) is 0.375. The van der Waals surface area contributed by atoms with Crippen molar-refractivity contribution in [3.63, 3.8) is 0 Å². The Kier molecular flexibility index (Phi) is 11.3. The molecular formula is C32H41N3O5S. The van der Waals surface area contributed by atoms with E-state index in [1.165, 1.54) is 4.31 Å². The maximum Gasteiger partial charge on any atom is 0.243 e. The van der Waals surface area contributed by atoms with Crippen molar-refractivity contribution in [1.82, 2.24) is 10.2 Å². The molecule has 0 bridgehead atoms. The maximum atomic E-state index is 13.9. The van der Waals surface area contributed by atoms with E-state index in [0.29, 0.717) is 17.9 Å². The predicted octanol–water partition coefficient (Wildman–Crippen LogP) is 4.71. The number of nitrogens with one attached hydrogen (secondary N) is 1. The second-order valence-electron chi connectivity index (χ2n) is 10.5. The molecule has 1 atom stereocenters. The van der Waals surface area contributed by atoms with Crippen LogP contribution >= 0.6 is 0 Å². The van der Waals surface area contributed by atoms with Gasteiger partial charge in [0.25, 0.3) is 0 Å². The molecule has 3 rings (SSSR count). The first kappa shape index (κ1) is 31.7. The first-order valence-corrected chi connectivity index (χ1v) is 15.6. The highest BCUT2D eigenvalue weighted by Gasteiger charge is 2.31. The van der Waals surface area contributed by atoms with Crippen molar-refractivity contribution in [2.45, 2.75) is 58.7 Å². The summed E-state index contributed by atoms with van der Waals surface area (Å²) in [6.07, 6.45) is 1.87. The lowest BCUT2D eigenvalue weighted by Gasteiger charge is -2.32. The topological polar surface area (TPSA) is 96.0 Å². The minimum Gasteiger partial charge on any atom is -0.497 e. The molecule has 0 saturated heterocycles. The number of carbonyl (C=O) groups is 2. The van der Waals surface area contributed by atoms with Gasteiger partial charge in [0.05, 0.1) is 19.1 Å². The molecule has 0 aromatic heterocycles. The van der Waals surface area contributed by atoms with Crippen molar-refractivity contribution in [1.29, 1.82) is 0 Å². The zero-order chi connectivity index (χ0) is 30.0. The number of benzene rings is 3. The van der Waals surface area contributed by atoms with Crippen molar-refractivity contribution in [2.75, 3.05) is 24.2 Å². The highest BCUT2D eigenvalue weighted by atomic mass is 32.2. The van der Waals surface area contributed by atoms with Crippen LogP contribution in [0.15, 0.2) is 78.9 Å². The Morgan fingerprint density at radius 2 is 1.59 bits per heavy atom. The SMILES string of the molecule is COc1cccc(CN(C(=O)CCCN(c2ccc(C)cc2)S(C)(=O)=O)[C@@H](Cc2ccccc2)C(=O)NC(C)C)c1. The molecule has 0 saturated carbocycles. The molecule has 0 heterocycles. The summed E-state index contributed by atoms with van der Waals surface area (Å²) >= 11 is 0. The summed E-state index contributed by atoms with van der Waals surface area (Å²) < 4.78 is 31.9. The minimum atomic E-state index is -3.56. The van der Waals surface area contributed by atoms with Crippen LogP contribution in [0.2, 0.25) is 0 Å². The van der Waals surface area contributed by atoms with Crippen LogP contribution in [0.5, 0.6) is 5.75 Å². The average Bonchev–Trinajstić information content (AvgIpc) is 2.93. The first-order valence-electron chi connectivity index (χ1n) is 13.8. The van der Waals surface area contributed by atoms with E-state index < -0.39 is 16.1 Å². The number of rotatable bonds is 14. The molecule has 0 aliphatic heterocycles. The Bertz CT molecular complexity index is 1390. The van der Waals surface area contributed by atoms with Crippen LogP contribution in [0, 0.1) is 6.92 Å². The Morgan fingerprint density at radius 1 is 0.927 bits per heavy atom. The molecule has 0 aliphatic rings. The lowest BCUT2D eigenvalue weighted by atomic mass is 10.0. The number of sulfonamides is 1. The van der Waals surface area contributed by atoms with Gasteiger partial charge in [-0.2, -0.15) is 0 Å². The van der Waals surface area contributed by atoms with Crippen molar-refractivity contribution in [3.8, 4) is 5.75 Å². The Hall–Kier alpha value is -3.85. The monoisotopic (exact) mass is 579 g/mol. The van der Waals surface area contributed by atoms with Gasteiger partial charge in [0, 0.05) is 32.0 Å². The summed E-state index contributed by atoms with van der Waals surface area (Å²) in [4.78, 5) is 29.0. The van der Waals surface area contributed by atoms with Crippen LogP contribution in [0.1, 0.15) is 43.4 Å². The molecule has 41 heavy (non-hydrogen) atoms. The molecule has 0 spiro atoms. The molecule has 0 fully saturated rings. The smallest absolute Gasteiger partial charge is 0.243 e. The number of nitrogens with zero attached hydrogens (tertiary/aromatic N) is 2. The summed E-state index contributed by atoms with van der Waals surface area (Å²) in [5.41, 5.74) is 3.33. The van der Waals surface area contributed by atoms with Gasteiger partial charge >= 0.3 is 0 Å². The normalized spacial score (nSPS) is 12.0. The van der Waals surface area contributed by atoms with E-state index >= 15 is 0 Å². The van der Waals surface area contributed by atoms with Crippen LogP contribution < -0.4 is 14.4 Å². The fourth-order valence-electron chi connectivity index (χ4n) is 4.62. The molecule has 0 radical (unpaired) electrons. The van der Waals surface area contributed by atoms with Gasteiger partial charge in [0.1, 0.15) is 11.8 Å². The quantitative estimate of drug-likeness (QED) is 0.298. The average molecular weight is 580 g/mol. The number of hydrogen-bond donors (Lipinski definition) is 1.